The molecule has 3 saturated heterocycles. The second-order valence-electron chi connectivity index (χ2n) is 4.08. The summed E-state index contributed by atoms with van der Waals surface area (Å²) in [6, 6.07) is 0. The zero-order valence-electron chi connectivity index (χ0n) is 7.73. The lowest BCUT2D eigenvalue weighted by molar-refractivity contribution is -0.333. The van der Waals surface area contributed by atoms with Crippen LogP contribution >= 0.6 is 0 Å². The van der Waals surface area contributed by atoms with Crippen LogP contribution in [0.15, 0.2) is 12.2 Å². The SMILES string of the molecule is C=C1[C@@H]2O[C@@H](OC)[C@@H]3[C@H](CC[C@H]13)O2. The molecule has 3 heteroatoms. The number of fused-ring (bicyclic) bond motifs is 1. The lowest BCUT2D eigenvalue weighted by Gasteiger charge is -2.47. The molecule has 3 aliphatic heterocycles. The number of hydrogen-bond donors (Lipinski definition) is 0. The van der Waals surface area contributed by atoms with Crippen molar-refractivity contribution in [2.45, 2.75) is 31.5 Å². The normalized spacial score (nSPS) is 53.0. The molecule has 5 atom stereocenters. The summed E-state index contributed by atoms with van der Waals surface area (Å²) < 4.78 is 16.6. The maximum Gasteiger partial charge on any atom is 0.183 e. The van der Waals surface area contributed by atoms with E-state index in [1.807, 2.05) is 0 Å². The minimum Gasteiger partial charge on any atom is -0.355 e. The summed E-state index contributed by atoms with van der Waals surface area (Å²) in [6.45, 7) is 4.04. The van der Waals surface area contributed by atoms with Crippen molar-refractivity contribution in [2.75, 3.05) is 7.11 Å². The number of ether oxygens (including phenoxy) is 3. The van der Waals surface area contributed by atoms with Crippen molar-refractivity contribution in [1.82, 2.24) is 0 Å². The second-order valence-corrected chi connectivity index (χ2v) is 4.08. The van der Waals surface area contributed by atoms with Crippen molar-refractivity contribution in [3.05, 3.63) is 12.2 Å². The average Bonchev–Trinajstić information content (AvgIpc) is 2.53. The summed E-state index contributed by atoms with van der Waals surface area (Å²) in [5.41, 5.74) is 1.12. The van der Waals surface area contributed by atoms with Gasteiger partial charge in [0.2, 0.25) is 0 Å². The zero-order chi connectivity index (χ0) is 9.00. The number of methoxy groups -OCH3 is 1. The molecule has 4 aliphatic rings. The van der Waals surface area contributed by atoms with Gasteiger partial charge in [-0.2, -0.15) is 0 Å². The molecule has 0 N–H and O–H groups in total. The van der Waals surface area contributed by atoms with Crippen molar-refractivity contribution in [3.8, 4) is 0 Å². The van der Waals surface area contributed by atoms with Crippen molar-refractivity contribution in [3.63, 3.8) is 0 Å². The van der Waals surface area contributed by atoms with E-state index < -0.39 is 0 Å². The van der Waals surface area contributed by atoms with E-state index in [0.29, 0.717) is 17.9 Å². The Bertz CT molecular complexity index is 251. The third-order valence-electron chi connectivity index (χ3n) is 3.54. The van der Waals surface area contributed by atoms with E-state index in [0.717, 1.165) is 12.0 Å². The monoisotopic (exact) mass is 182 g/mol. The highest BCUT2D eigenvalue weighted by Gasteiger charge is 2.55. The highest BCUT2D eigenvalue weighted by Crippen LogP contribution is 2.51. The fourth-order valence-electron chi connectivity index (χ4n) is 2.91. The summed E-state index contributed by atoms with van der Waals surface area (Å²) in [6.07, 6.45) is 2.40. The van der Waals surface area contributed by atoms with Crippen LogP contribution in [-0.2, 0) is 14.2 Å². The van der Waals surface area contributed by atoms with Crippen LogP contribution in [0.4, 0.5) is 0 Å². The van der Waals surface area contributed by atoms with Gasteiger partial charge in [0.25, 0.3) is 0 Å². The molecule has 4 rings (SSSR count). The van der Waals surface area contributed by atoms with Gasteiger partial charge in [0.1, 0.15) is 0 Å². The van der Waals surface area contributed by atoms with E-state index in [9.17, 15) is 0 Å². The molecular weight excluding hydrogens is 168 g/mol. The van der Waals surface area contributed by atoms with E-state index in [1.54, 1.807) is 7.11 Å². The Morgan fingerprint density at radius 3 is 3.00 bits per heavy atom. The molecule has 0 unspecified atom stereocenters. The van der Waals surface area contributed by atoms with Crippen LogP contribution in [0.25, 0.3) is 0 Å². The highest BCUT2D eigenvalue weighted by atomic mass is 16.8. The Morgan fingerprint density at radius 2 is 2.23 bits per heavy atom. The average molecular weight is 182 g/mol. The third kappa shape index (κ3) is 0.897. The summed E-state index contributed by atoms with van der Waals surface area (Å²) in [5, 5.41) is 0. The minimum absolute atomic E-state index is 0.0678. The van der Waals surface area contributed by atoms with Crippen molar-refractivity contribution < 1.29 is 14.2 Å². The molecule has 0 aromatic heterocycles. The van der Waals surface area contributed by atoms with Crippen LogP contribution < -0.4 is 0 Å². The van der Waals surface area contributed by atoms with Crippen LogP contribution in [0.2, 0.25) is 0 Å². The predicted octanol–water partition coefficient (Wildman–Crippen LogP) is 1.30. The van der Waals surface area contributed by atoms with E-state index in [1.165, 1.54) is 6.42 Å². The third-order valence-corrected chi connectivity index (χ3v) is 3.54. The van der Waals surface area contributed by atoms with Crippen LogP contribution in [0, 0.1) is 11.8 Å². The molecule has 3 heterocycles. The van der Waals surface area contributed by atoms with Crippen LogP contribution in [-0.4, -0.2) is 25.8 Å². The standard InChI is InChI=1S/C10H14O3/c1-5-6-3-4-7-8(6)10(11-2)13-9(5)12-7/h6-10H,1,3-4H2,2H3/t6-,7+,8+,9+,10-/m1/s1. The van der Waals surface area contributed by atoms with Gasteiger partial charge >= 0.3 is 0 Å². The van der Waals surface area contributed by atoms with Gasteiger partial charge in [0.15, 0.2) is 12.6 Å². The van der Waals surface area contributed by atoms with Gasteiger partial charge in [0.05, 0.1) is 6.10 Å². The summed E-state index contributed by atoms with van der Waals surface area (Å²) in [4.78, 5) is 0. The molecule has 13 heavy (non-hydrogen) atoms. The Hall–Kier alpha value is -0.380. The molecule has 1 saturated carbocycles. The molecular formula is C10H14O3. The topological polar surface area (TPSA) is 27.7 Å². The Labute approximate surface area is 77.7 Å². The zero-order valence-corrected chi connectivity index (χ0v) is 7.73. The first-order valence-electron chi connectivity index (χ1n) is 4.83. The van der Waals surface area contributed by atoms with Gasteiger partial charge in [-0.05, 0) is 24.3 Å². The van der Waals surface area contributed by atoms with E-state index >= 15 is 0 Å². The number of hydrogen-bond acceptors (Lipinski definition) is 3. The summed E-state index contributed by atoms with van der Waals surface area (Å²) >= 11 is 0. The lowest BCUT2D eigenvalue weighted by atomic mass is 9.83. The molecule has 0 aromatic rings. The van der Waals surface area contributed by atoms with E-state index in [4.69, 9.17) is 14.2 Å². The predicted molar refractivity (Wildman–Crippen MR) is 45.9 cm³/mol. The van der Waals surface area contributed by atoms with E-state index in [-0.39, 0.29) is 12.6 Å². The smallest absolute Gasteiger partial charge is 0.183 e. The second kappa shape index (κ2) is 2.56. The van der Waals surface area contributed by atoms with Crippen LogP contribution in [0.1, 0.15) is 12.8 Å². The molecule has 1 aliphatic carbocycles. The van der Waals surface area contributed by atoms with Crippen molar-refractivity contribution >= 4 is 0 Å². The highest BCUT2D eigenvalue weighted by molar-refractivity contribution is 5.17. The molecule has 0 amide bonds. The first-order chi connectivity index (χ1) is 6.31. The lowest BCUT2D eigenvalue weighted by Crippen LogP contribution is -2.53. The molecule has 3 nitrogen and oxygen atoms in total. The maximum absolute atomic E-state index is 5.72. The van der Waals surface area contributed by atoms with Gasteiger partial charge in [-0.3, -0.25) is 0 Å². The Kier molecular flexibility index (Phi) is 1.57. The van der Waals surface area contributed by atoms with Crippen LogP contribution in [0.3, 0.4) is 0 Å². The summed E-state index contributed by atoms with van der Waals surface area (Å²) in [5.74, 6) is 0.963. The Balaban J connectivity index is 1.96. The molecule has 72 valence electrons. The molecule has 0 aromatic carbocycles. The van der Waals surface area contributed by atoms with Crippen molar-refractivity contribution in [1.29, 1.82) is 0 Å². The molecule has 4 fully saturated rings. The van der Waals surface area contributed by atoms with Gasteiger partial charge in [-0.25, -0.2) is 0 Å². The molecule has 4 bridgehead atoms. The summed E-state index contributed by atoms with van der Waals surface area (Å²) in [7, 11) is 1.70. The maximum atomic E-state index is 5.72. The van der Waals surface area contributed by atoms with Crippen molar-refractivity contribution in [2.24, 2.45) is 11.8 Å². The minimum atomic E-state index is -0.201. The Morgan fingerprint density at radius 1 is 1.38 bits per heavy atom. The van der Waals surface area contributed by atoms with E-state index in [2.05, 4.69) is 6.58 Å². The van der Waals surface area contributed by atoms with Crippen LogP contribution in [0.5, 0.6) is 0 Å². The van der Waals surface area contributed by atoms with Gasteiger partial charge in [-0.1, -0.05) is 6.58 Å². The molecule has 0 radical (unpaired) electrons. The quantitative estimate of drug-likeness (QED) is 0.572. The largest absolute Gasteiger partial charge is 0.355 e. The van der Waals surface area contributed by atoms with Gasteiger partial charge in [0, 0.05) is 13.0 Å². The number of rotatable bonds is 1. The fraction of sp³-hybridized carbons (Fsp3) is 0.800. The van der Waals surface area contributed by atoms with Gasteiger partial charge < -0.3 is 14.2 Å². The fourth-order valence-corrected chi connectivity index (χ4v) is 2.91. The first kappa shape index (κ1) is 7.97. The van der Waals surface area contributed by atoms with Gasteiger partial charge in [-0.15, -0.1) is 0 Å². The first-order valence-corrected chi connectivity index (χ1v) is 4.83. The molecule has 0 spiro atoms.